The number of rotatable bonds is 4. The highest BCUT2D eigenvalue weighted by atomic mass is 35.5. The van der Waals surface area contributed by atoms with Gasteiger partial charge in [-0.15, -0.1) is 12.4 Å². The van der Waals surface area contributed by atoms with Gasteiger partial charge in [-0.05, 0) is 19.4 Å². The first-order valence-electron chi connectivity index (χ1n) is 5.96. The molecule has 0 radical (unpaired) electrons. The van der Waals surface area contributed by atoms with E-state index in [9.17, 15) is 13.2 Å². The van der Waals surface area contributed by atoms with E-state index in [1.54, 1.807) is 0 Å². The molecule has 1 aromatic heterocycles. The number of nitrogens with zero attached hydrogens (tertiary/aromatic N) is 2. The standard InChI is InChI=1S/C11H16F3N3O.ClH/c12-11(13,14)8-17-6-10(5-16-17)18-7-9-2-1-3-15-4-9;/h5-6,9,15H,1-4,7-8H2;1H. The fourth-order valence-electron chi connectivity index (χ4n) is 1.97. The minimum Gasteiger partial charge on any atom is -0.490 e. The number of hydrogen-bond acceptors (Lipinski definition) is 3. The van der Waals surface area contributed by atoms with Gasteiger partial charge in [0.2, 0.25) is 0 Å². The third-order valence-electron chi connectivity index (χ3n) is 2.84. The number of aromatic nitrogens is 2. The summed E-state index contributed by atoms with van der Waals surface area (Å²) in [7, 11) is 0. The quantitative estimate of drug-likeness (QED) is 0.927. The molecule has 19 heavy (non-hydrogen) atoms. The second-order valence-corrected chi connectivity index (χ2v) is 4.51. The van der Waals surface area contributed by atoms with Gasteiger partial charge in [-0.3, -0.25) is 4.68 Å². The zero-order chi connectivity index (χ0) is 13.0. The largest absolute Gasteiger partial charge is 0.490 e. The first-order chi connectivity index (χ1) is 8.53. The molecule has 1 aliphatic heterocycles. The molecule has 0 bridgehead atoms. The molecule has 0 saturated carbocycles. The monoisotopic (exact) mass is 299 g/mol. The van der Waals surface area contributed by atoms with Gasteiger partial charge < -0.3 is 10.1 Å². The Bertz CT molecular complexity index is 378. The molecule has 1 saturated heterocycles. The van der Waals surface area contributed by atoms with E-state index in [0.717, 1.165) is 30.6 Å². The Hall–Kier alpha value is -0.950. The van der Waals surface area contributed by atoms with Crippen LogP contribution < -0.4 is 10.1 Å². The molecule has 2 heterocycles. The van der Waals surface area contributed by atoms with Crippen molar-refractivity contribution < 1.29 is 17.9 Å². The highest BCUT2D eigenvalue weighted by Gasteiger charge is 2.28. The lowest BCUT2D eigenvalue weighted by Crippen LogP contribution is -2.32. The van der Waals surface area contributed by atoms with E-state index in [4.69, 9.17) is 4.74 Å². The van der Waals surface area contributed by atoms with Crippen molar-refractivity contribution in [2.24, 2.45) is 5.92 Å². The first kappa shape index (κ1) is 16.1. The summed E-state index contributed by atoms with van der Waals surface area (Å²) in [6.45, 7) is 1.36. The Balaban J connectivity index is 0.00000180. The lowest BCUT2D eigenvalue weighted by Gasteiger charge is -2.22. The summed E-state index contributed by atoms with van der Waals surface area (Å²) in [5.41, 5.74) is 0. The van der Waals surface area contributed by atoms with Crippen LogP contribution in [-0.4, -0.2) is 35.7 Å². The lowest BCUT2D eigenvalue weighted by atomic mass is 10.0. The minimum atomic E-state index is -4.25. The van der Waals surface area contributed by atoms with Crippen molar-refractivity contribution in [1.82, 2.24) is 15.1 Å². The number of piperidine rings is 1. The number of ether oxygens (including phenoxy) is 1. The second-order valence-electron chi connectivity index (χ2n) is 4.51. The van der Waals surface area contributed by atoms with E-state index in [-0.39, 0.29) is 12.4 Å². The van der Waals surface area contributed by atoms with Gasteiger partial charge in [-0.25, -0.2) is 0 Å². The molecular weight excluding hydrogens is 283 g/mol. The normalized spacial score (nSPS) is 19.8. The topological polar surface area (TPSA) is 39.1 Å². The van der Waals surface area contributed by atoms with Crippen LogP contribution >= 0.6 is 12.4 Å². The third kappa shape index (κ3) is 5.69. The average molecular weight is 300 g/mol. The Morgan fingerprint density at radius 2 is 2.26 bits per heavy atom. The maximum atomic E-state index is 12.1. The van der Waals surface area contributed by atoms with Gasteiger partial charge in [0.25, 0.3) is 0 Å². The molecule has 110 valence electrons. The van der Waals surface area contributed by atoms with Crippen LogP contribution in [0.15, 0.2) is 12.4 Å². The van der Waals surface area contributed by atoms with Gasteiger partial charge in [0.1, 0.15) is 6.54 Å². The molecule has 8 heteroatoms. The molecule has 2 rings (SSSR count). The molecule has 1 unspecified atom stereocenters. The Morgan fingerprint density at radius 3 is 2.89 bits per heavy atom. The molecule has 0 amide bonds. The summed E-state index contributed by atoms with van der Waals surface area (Å²) in [5, 5.41) is 6.88. The smallest absolute Gasteiger partial charge is 0.408 e. The van der Waals surface area contributed by atoms with Crippen LogP contribution in [0.5, 0.6) is 5.75 Å². The Labute approximate surface area is 115 Å². The van der Waals surface area contributed by atoms with Crippen molar-refractivity contribution in [3.63, 3.8) is 0 Å². The van der Waals surface area contributed by atoms with Gasteiger partial charge in [-0.2, -0.15) is 18.3 Å². The molecule has 0 spiro atoms. The SMILES string of the molecule is Cl.FC(F)(F)Cn1cc(OCC2CCCNC2)cn1. The highest BCUT2D eigenvalue weighted by Crippen LogP contribution is 2.19. The van der Waals surface area contributed by atoms with Crippen LogP contribution in [0.2, 0.25) is 0 Å². The Morgan fingerprint density at radius 1 is 1.47 bits per heavy atom. The lowest BCUT2D eigenvalue weighted by molar-refractivity contribution is -0.142. The zero-order valence-corrected chi connectivity index (χ0v) is 11.1. The van der Waals surface area contributed by atoms with Crippen LogP contribution in [0, 0.1) is 5.92 Å². The average Bonchev–Trinajstić information content (AvgIpc) is 2.73. The van der Waals surface area contributed by atoms with Gasteiger partial charge in [0.15, 0.2) is 5.75 Å². The molecule has 0 aliphatic carbocycles. The minimum absolute atomic E-state index is 0. The molecule has 1 aliphatic rings. The van der Waals surface area contributed by atoms with Gasteiger partial charge in [0, 0.05) is 12.5 Å². The van der Waals surface area contributed by atoms with Crippen LogP contribution in [0.1, 0.15) is 12.8 Å². The van der Waals surface area contributed by atoms with Gasteiger partial charge in [-0.1, -0.05) is 0 Å². The third-order valence-corrected chi connectivity index (χ3v) is 2.84. The summed E-state index contributed by atoms with van der Waals surface area (Å²) in [6.07, 6.45) is 0.549. The predicted molar refractivity (Wildman–Crippen MR) is 66.6 cm³/mol. The molecule has 1 atom stereocenters. The summed E-state index contributed by atoms with van der Waals surface area (Å²) in [6, 6.07) is 0. The van der Waals surface area contributed by atoms with Crippen LogP contribution in [0.3, 0.4) is 0 Å². The fraction of sp³-hybridized carbons (Fsp3) is 0.727. The summed E-state index contributed by atoms with van der Waals surface area (Å²) in [4.78, 5) is 0. The summed E-state index contributed by atoms with van der Waals surface area (Å²) < 4.78 is 42.6. The predicted octanol–water partition coefficient (Wildman–Crippen LogP) is 2.25. The molecule has 1 N–H and O–H groups in total. The molecule has 4 nitrogen and oxygen atoms in total. The maximum absolute atomic E-state index is 12.1. The summed E-state index contributed by atoms with van der Waals surface area (Å²) in [5.74, 6) is 0.814. The second kappa shape index (κ2) is 7.00. The Kier molecular flexibility index (Phi) is 5.93. The van der Waals surface area contributed by atoms with Crippen molar-refractivity contribution in [2.75, 3.05) is 19.7 Å². The number of nitrogens with one attached hydrogen (secondary N) is 1. The highest BCUT2D eigenvalue weighted by molar-refractivity contribution is 5.85. The van der Waals surface area contributed by atoms with E-state index >= 15 is 0 Å². The van der Waals surface area contributed by atoms with E-state index in [1.165, 1.54) is 12.4 Å². The first-order valence-corrected chi connectivity index (χ1v) is 5.96. The number of alkyl halides is 3. The number of halogens is 4. The molecule has 1 aromatic rings. The van der Waals surface area contributed by atoms with E-state index in [1.807, 2.05) is 0 Å². The van der Waals surface area contributed by atoms with E-state index in [2.05, 4.69) is 10.4 Å². The van der Waals surface area contributed by atoms with Crippen LogP contribution in [0.4, 0.5) is 13.2 Å². The fourth-order valence-corrected chi connectivity index (χ4v) is 1.97. The zero-order valence-electron chi connectivity index (χ0n) is 10.3. The van der Waals surface area contributed by atoms with Crippen LogP contribution in [0.25, 0.3) is 0 Å². The van der Waals surface area contributed by atoms with Crippen molar-refractivity contribution >= 4 is 12.4 Å². The van der Waals surface area contributed by atoms with E-state index < -0.39 is 12.7 Å². The van der Waals surface area contributed by atoms with E-state index in [0.29, 0.717) is 18.3 Å². The maximum Gasteiger partial charge on any atom is 0.408 e. The summed E-state index contributed by atoms with van der Waals surface area (Å²) >= 11 is 0. The van der Waals surface area contributed by atoms with Crippen molar-refractivity contribution in [3.8, 4) is 5.75 Å². The van der Waals surface area contributed by atoms with Crippen LogP contribution in [-0.2, 0) is 6.54 Å². The van der Waals surface area contributed by atoms with Crippen molar-refractivity contribution in [2.45, 2.75) is 25.6 Å². The number of hydrogen-bond donors (Lipinski definition) is 1. The van der Waals surface area contributed by atoms with Gasteiger partial charge in [0.05, 0.1) is 19.0 Å². The van der Waals surface area contributed by atoms with Gasteiger partial charge >= 0.3 is 6.18 Å². The molecule has 1 fully saturated rings. The van der Waals surface area contributed by atoms with Crippen molar-refractivity contribution in [1.29, 1.82) is 0 Å². The molecular formula is C11H17ClF3N3O. The molecule has 0 aromatic carbocycles. The van der Waals surface area contributed by atoms with Crippen molar-refractivity contribution in [3.05, 3.63) is 12.4 Å².